The lowest BCUT2D eigenvalue weighted by Gasteiger charge is -2.20. The van der Waals surface area contributed by atoms with E-state index in [1.165, 1.54) is 32.1 Å². The Morgan fingerprint density at radius 1 is 1.18 bits per heavy atom. The van der Waals surface area contributed by atoms with Crippen LogP contribution >= 0.6 is 12.4 Å². The van der Waals surface area contributed by atoms with Gasteiger partial charge in [-0.3, -0.25) is 0 Å². The van der Waals surface area contributed by atoms with Crippen LogP contribution in [0.4, 0.5) is 0 Å². The molecular formula is C9H18ClN. The van der Waals surface area contributed by atoms with Gasteiger partial charge in [-0.15, -0.1) is 12.4 Å². The molecular weight excluding hydrogens is 158 g/mol. The molecule has 0 aromatic heterocycles. The fourth-order valence-electron chi connectivity index (χ4n) is 2.94. The first-order chi connectivity index (χ1) is 4.90. The van der Waals surface area contributed by atoms with Gasteiger partial charge in [-0.1, -0.05) is 6.42 Å². The van der Waals surface area contributed by atoms with Gasteiger partial charge < -0.3 is 5.73 Å². The molecule has 0 radical (unpaired) electrons. The molecule has 2 heteroatoms. The summed E-state index contributed by atoms with van der Waals surface area (Å²) in [6, 6.07) is 0. The van der Waals surface area contributed by atoms with E-state index in [2.05, 4.69) is 0 Å². The molecule has 2 aliphatic carbocycles. The zero-order valence-corrected chi connectivity index (χ0v) is 7.78. The van der Waals surface area contributed by atoms with Crippen LogP contribution in [-0.2, 0) is 0 Å². The van der Waals surface area contributed by atoms with Crippen LogP contribution < -0.4 is 5.73 Å². The van der Waals surface area contributed by atoms with Crippen LogP contribution in [-0.4, -0.2) is 6.54 Å². The third-order valence-electron chi connectivity index (χ3n) is 3.42. The average molecular weight is 176 g/mol. The topological polar surface area (TPSA) is 26.0 Å². The van der Waals surface area contributed by atoms with Crippen LogP contribution in [0, 0.1) is 17.8 Å². The third-order valence-corrected chi connectivity index (χ3v) is 3.42. The van der Waals surface area contributed by atoms with Gasteiger partial charge in [-0.05, 0) is 50.0 Å². The molecule has 0 saturated heterocycles. The van der Waals surface area contributed by atoms with E-state index in [1.54, 1.807) is 0 Å². The smallest absolute Gasteiger partial charge is 0.00745 e. The van der Waals surface area contributed by atoms with Crippen molar-refractivity contribution in [2.45, 2.75) is 32.1 Å². The Balaban J connectivity index is 0.000000605. The molecule has 0 aromatic carbocycles. The van der Waals surface area contributed by atoms with Crippen molar-refractivity contribution in [3.05, 3.63) is 0 Å². The molecule has 66 valence electrons. The van der Waals surface area contributed by atoms with Crippen molar-refractivity contribution in [1.82, 2.24) is 0 Å². The fourth-order valence-corrected chi connectivity index (χ4v) is 2.94. The number of hydrogen-bond acceptors (Lipinski definition) is 1. The van der Waals surface area contributed by atoms with Gasteiger partial charge >= 0.3 is 0 Å². The highest BCUT2D eigenvalue weighted by atomic mass is 35.5. The minimum Gasteiger partial charge on any atom is -0.330 e. The second-order valence-corrected chi connectivity index (χ2v) is 4.01. The Hall–Kier alpha value is 0.250. The monoisotopic (exact) mass is 175 g/mol. The van der Waals surface area contributed by atoms with Gasteiger partial charge in [0.15, 0.2) is 0 Å². The number of nitrogens with two attached hydrogens (primary N) is 1. The summed E-state index contributed by atoms with van der Waals surface area (Å²) >= 11 is 0. The van der Waals surface area contributed by atoms with Crippen LogP contribution in [0.1, 0.15) is 32.1 Å². The molecule has 0 heterocycles. The summed E-state index contributed by atoms with van der Waals surface area (Å²) < 4.78 is 0. The average Bonchev–Trinajstić information content (AvgIpc) is 2.48. The first-order valence-corrected chi connectivity index (χ1v) is 4.60. The largest absolute Gasteiger partial charge is 0.330 e. The van der Waals surface area contributed by atoms with Crippen LogP contribution in [0.25, 0.3) is 0 Å². The number of rotatable bonds is 2. The van der Waals surface area contributed by atoms with Crippen molar-refractivity contribution >= 4 is 12.4 Å². The summed E-state index contributed by atoms with van der Waals surface area (Å²) in [5, 5.41) is 0. The first kappa shape index (κ1) is 9.34. The summed E-state index contributed by atoms with van der Waals surface area (Å²) in [6.45, 7) is 0.911. The summed E-state index contributed by atoms with van der Waals surface area (Å²) in [4.78, 5) is 0. The molecule has 2 rings (SSSR count). The normalized spacial score (nSPS) is 40.6. The maximum atomic E-state index is 5.54. The quantitative estimate of drug-likeness (QED) is 0.684. The molecule has 2 saturated carbocycles. The Labute approximate surface area is 75.1 Å². The molecule has 1 nitrogen and oxygen atoms in total. The minimum absolute atomic E-state index is 0. The Kier molecular flexibility index (Phi) is 3.20. The minimum atomic E-state index is 0. The van der Waals surface area contributed by atoms with Gasteiger partial charge in [0.1, 0.15) is 0 Å². The van der Waals surface area contributed by atoms with E-state index >= 15 is 0 Å². The summed E-state index contributed by atoms with van der Waals surface area (Å²) in [5.41, 5.74) is 5.54. The van der Waals surface area contributed by atoms with Crippen molar-refractivity contribution in [1.29, 1.82) is 0 Å². The predicted molar refractivity (Wildman–Crippen MR) is 49.9 cm³/mol. The van der Waals surface area contributed by atoms with Crippen molar-refractivity contribution < 1.29 is 0 Å². The summed E-state index contributed by atoms with van der Waals surface area (Å²) in [6.07, 6.45) is 7.36. The molecule has 2 bridgehead atoms. The van der Waals surface area contributed by atoms with Gasteiger partial charge in [0.2, 0.25) is 0 Å². The van der Waals surface area contributed by atoms with Gasteiger partial charge in [0.25, 0.3) is 0 Å². The molecule has 2 N–H and O–H groups in total. The van der Waals surface area contributed by atoms with E-state index in [-0.39, 0.29) is 12.4 Å². The SMILES string of the molecule is Cl.NCCC1CC2CCC1C2. The fraction of sp³-hybridized carbons (Fsp3) is 1.00. The zero-order chi connectivity index (χ0) is 6.97. The molecule has 0 spiro atoms. The molecule has 2 fully saturated rings. The van der Waals surface area contributed by atoms with Gasteiger partial charge in [-0.25, -0.2) is 0 Å². The second kappa shape index (κ2) is 3.77. The first-order valence-electron chi connectivity index (χ1n) is 4.60. The van der Waals surface area contributed by atoms with Crippen LogP contribution in [0.15, 0.2) is 0 Å². The highest BCUT2D eigenvalue weighted by molar-refractivity contribution is 5.85. The van der Waals surface area contributed by atoms with E-state index in [4.69, 9.17) is 5.73 Å². The standard InChI is InChI=1S/C9H17N.ClH/c10-4-3-9-6-7-1-2-8(9)5-7;/h7-9H,1-6,10H2;1H. The predicted octanol–water partition coefficient (Wildman–Crippen LogP) is 2.19. The maximum absolute atomic E-state index is 5.54. The van der Waals surface area contributed by atoms with E-state index < -0.39 is 0 Å². The van der Waals surface area contributed by atoms with E-state index in [9.17, 15) is 0 Å². The van der Waals surface area contributed by atoms with Crippen LogP contribution in [0.2, 0.25) is 0 Å². The molecule has 0 amide bonds. The lowest BCUT2D eigenvalue weighted by atomic mass is 9.86. The van der Waals surface area contributed by atoms with Gasteiger partial charge in [0.05, 0.1) is 0 Å². The Morgan fingerprint density at radius 2 is 2.00 bits per heavy atom. The van der Waals surface area contributed by atoms with Crippen LogP contribution in [0.3, 0.4) is 0 Å². The Bertz CT molecular complexity index is 127. The van der Waals surface area contributed by atoms with Crippen molar-refractivity contribution in [3.8, 4) is 0 Å². The maximum Gasteiger partial charge on any atom is -0.00745 e. The highest BCUT2D eigenvalue weighted by Crippen LogP contribution is 2.49. The van der Waals surface area contributed by atoms with E-state index in [1.807, 2.05) is 0 Å². The van der Waals surface area contributed by atoms with Crippen molar-refractivity contribution in [2.24, 2.45) is 23.5 Å². The van der Waals surface area contributed by atoms with Crippen molar-refractivity contribution in [2.75, 3.05) is 6.54 Å². The molecule has 3 unspecified atom stereocenters. The Morgan fingerprint density at radius 3 is 2.45 bits per heavy atom. The molecule has 0 aliphatic heterocycles. The molecule has 0 aromatic rings. The molecule has 3 atom stereocenters. The number of hydrogen-bond donors (Lipinski definition) is 1. The number of fused-ring (bicyclic) bond motifs is 2. The molecule has 11 heavy (non-hydrogen) atoms. The lowest BCUT2D eigenvalue weighted by Crippen LogP contribution is -2.14. The zero-order valence-electron chi connectivity index (χ0n) is 6.96. The van der Waals surface area contributed by atoms with Crippen LogP contribution in [0.5, 0.6) is 0 Å². The molecule has 2 aliphatic rings. The van der Waals surface area contributed by atoms with Gasteiger partial charge in [0, 0.05) is 0 Å². The van der Waals surface area contributed by atoms with Gasteiger partial charge in [-0.2, -0.15) is 0 Å². The third kappa shape index (κ3) is 1.70. The summed E-state index contributed by atoms with van der Waals surface area (Å²) in [7, 11) is 0. The lowest BCUT2D eigenvalue weighted by molar-refractivity contribution is 0.318. The van der Waals surface area contributed by atoms with E-state index in [0.29, 0.717) is 0 Å². The second-order valence-electron chi connectivity index (χ2n) is 4.01. The highest BCUT2D eigenvalue weighted by Gasteiger charge is 2.38. The van der Waals surface area contributed by atoms with E-state index in [0.717, 1.165) is 24.3 Å². The van der Waals surface area contributed by atoms with Crippen molar-refractivity contribution in [3.63, 3.8) is 0 Å². The summed E-state index contributed by atoms with van der Waals surface area (Å²) in [5.74, 6) is 3.19. The number of halogens is 1.